The van der Waals surface area contributed by atoms with E-state index in [-0.39, 0.29) is 35.9 Å². The van der Waals surface area contributed by atoms with E-state index in [0.717, 1.165) is 23.7 Å². The zero-order valence-electron chi connectivity index (χ0n) is 16.1. The molecule has 2 aliphatic heterocycles. The molecule has 1 atom stereocenters. The molecular weight excluding hydrogens is 382 g/mol. The molecule has 7 heteroatoms. The second kappa shape index (κ2) is 7.35. The molecule has 3 amide bonds. The molecule has 2 aromatic carbocycles. The van der Waals surface area contributed by atoms with E-state index in [1.807, 2.05) is 30.3 Å². The van der Waals surface area contributed by atoms with Crippen LogP contribution < -0.4 is 5.32 Å². The van der Waals surface area contributed by atoms with Crippen LogP contribution in [0.3, 0.4) is 0 Å². The molecule has 1 aromatic heterocycles. The fourth-order valence-corrected chi connectivity index (χ4v) is 3.93. The van der Waals surface area contributed by atoms with Crippen molar-refractivity contribution in [3.63, 3.8) is 0 Å². The van der Waals surface area contributed by atoms with E-state index in [9.17, 15) is 14.4 Å². The van der Waals surface area contributed by atoms with Gasteiger partial charge >= 0.3 is 0 Å². The Kier molecular flexibility index (Phi) is 4.52. The molecule has 3 heterocycles. The average molecular weight is 401 g/mol. The summed E-state index contributed by atoms with van der Waals surface area (Å²) in [7, 11) is 0. The van der Waals surface area contributed by atoms with Crippen molar-refractivity contribution in [1.82, 2.24) is 9.88 Å². The number of pyridine rings is 1. The molecule has 5 rings (SSSR count). The van der Waals surface area contributed by atoms with E-state index in [4.69, 9.17) is 4.74 Å². The number of amides is 3. The molecule has 3 aromatic rings. The van der Waals surface area contributed by atoms with Crippen LogP contribution >= 0.6 is 0 Å². The second-order valence-corrected chi connectivity index (χ2v) is 7.49. The maximum atomic E-state index is 12.8. The Bertz CT molecular complexity index is 1180. The van der Waals surface area contributed by atoms with E-state index in [0.29, 0.717) is 23.4 Å². The van der Waals surface area contributed by atoms with Crippen molar-refractivity contribution in [2.75, 3.05) is 18.5 Å². The standard InChI is InChI=1S/C23H19N3O4/c27-21(25-16-10-14-4-1-2-6-20(14)24-12-16)15-7-8-18-19(11-15)23(29)26(22(18)28)13-17-5-3-9-30-17/h1-2,4,6-8,10-12,17H,3,5,9,13H2,(H,25,27). The first-order valence-electron chi connectivity index (χ1n) is 9.88. The lowest BCUT2D eigenvalue weighted by atomic mass is 10.1. The number of para-hydroxylation sites is 1. The number of nitrogens with one attached hydrogen (secondary N) is 1. The van der Waals surface area contributed by atoms with Gasteiger partial charge in [-0.15, -0.1) is 0 Å². The number of hydrogen-bond acceptors (Lipinski definition) is 5. The molecule has 0 aliphatic carbocycles. The Morgan fingerprint density at radius 1 is 1.10 bits per heavy atom. The maximum Gasteiger partial charge on any atom is 0.261 e. The van der Waals surface area contributed by atoms with Crippen LogP contribution in [0.15, 0.2) is 54.7 Å². The second-order valence-electron chi connectivity index (χ2n) is 7.49. The minimum Gasteiger partial charge on any atom is -0.376 e. The van der Waals surface area contributed by atoms with Crippen molar-refractivity contribution in [3.05, 3.63) is 71.4 Å². The highest BCUT2D eigenvalue weighted by molar-refractivity contribution is 6.22. The summed E-state index contributed by atoms with van der Waals surface area (Å²) >= 11 is 0. The van der Waals surface area contributed by atoms with Gasteiger partial charge in [0.25, 0.3) is 17.7 Å². The highest BCUT2D eigenvalue weighted by Crippen LogP contribution is 2.26. The number of carbonyl (C=O) groups is 3. The molecule has 1 unspecified atom stereocenters. The summed E-state index contributed by atoms with van der Waals surface area (Å²) < 4.78 is 5.55. The predicted octanol–water partition coefficient (Wildman–Crippen LogP) is 3.26. The summed E-state index contributed by atoms with van der Waals surface area (Å²) in [5.74, 6) is -1.09. The van der Waals surface area contributed by atoms with E-state index < -0.39 is 0 Å². The summed E-state index contributed by atoms with van der Waals surface area (Å²) in [4.78, 5) is 43.7. The van der Waals surface area contributed by atoms with Gasteiger partial charge in [0.15, 0.2) is 0 Å². The number of carbonyl (C=O) groups excluding carboxylic acids is 3. The Morgan fingerprint density at radius 2 is 1.93 bits per heavy atom. The largest absolute Gasteiger partial charge is 0.376 e. The van der Waals surface area contributed by atoms with Crippen LogP contribution in [0, 0.1) is 0 Å². The number of anilines is 1. The van der Waals surface area contributed by atoms with Crippen molar-refractivity contribution in [2.45, 2.75) is 18.9 Å². The van der Waals surface area contributed by atoms with Gasteiger partial charge < -0.3 is 10.1 Å². The minimum atomic E-state index is -0.382. The third-order valence-corrected chi connectivity index (χ3v) is 5.49. The van der Waals surface area contributed by atoms with E-state index in [1.165, 1.54) is 11.0 Å². The predicted molar refractivity (Wildman–Crippen MR) is 110 cm³/mol. The Morgan fingerprint density at radius 3 is 2.77 bits per heavy atom. The van der Waals surface area contributed by atoms with Crippen molar-refractivity contribution in [3.8, 4) is 0 Å². The summed E-state index contributed by atoms with van der Waals surface area (Å²) in [5.41, 5.74) is 2.27. The van der Waals surface area contributed by atoms with Crippen LogP contribution in [0.4, 0.5) is 5.69 Å². The van der Waals surface area contributed by atoms with E-state index in [1.54, 1.807) is 18.3 Å². The molecule has 1 fully saturated rings. The van der Waals surface area contributed by atoms with Gasteiger partial charge in [-0.05, 0) is 43.2 Å². The smallest absolute Gasteiger partial charge is 0.261 e. The van der Waals surface area contributed by atoms with Crippen molar-refractivity contribution < 1.29 is 19.1 Å². The molecule has 2 aliphatic rings. The van der Waals surface area contributed by atoms with Crippen LogP contribution in [0.25, 0.3) is 10.9 Å². The molecule has 0 radical (unpaired) electrons. The quantitative estimate of drug-likeness (QED) is 0.678. The summed E-state index contributed by atoms with van der Waals surface area (Å²) in [5, 5.41) is 3.72. The number of hydrogen-bond donors (Lipinski definition) is 1. The normalized spacial score (nSPS) is 18.1. The van der Waals surface area contributed by atoms with Crippen LogP contribution in [-0.2, 0) is 4.74 Å². The fraction of sp³-hybridized carbons (Fsp3) is 0.217. The first-order valence-corrected chi connectivity index (χ1v) is 9.88. The Balaban J connectivity index is 1.36. The number of fused-ring (bicyclic) bond motifs is 2. The van der Waals surface area contributed by atoms with Gasteiger partial charge in [-0.1, -0.05) is 18.2 Å². The molecule has 0 spiro atoms. The molecular formula is C23H19N3O4. The van der Waals surface area contributed by atoms with Gasteiger partial charge in [-0.25, -0.2) is 0 Å². The van der Waals surface area contributed by atoms with Gasteiger partial charge in [0, 0.05) is 17.6 Å². The lowest BCUT2D eigenvalue weighted by molar-refractivity contribution is 0.0475. The van der Waals surface area contributed by atoms with Crippen molar-refractivity contribution >= 4 is 34.3 Å². The van der Waals surface area contributed by atoms with Crippen LogP contribution in [0.5, 0.6) is 0 Å². The first kappa shape index (κ1) is 18.4. The van der Waals surface area contributed by atoms with Crippen LogP contribution in [-0.4, -0.2) is 46.9 Å². The highest BCUT2D eigenvalue weighted by atomic mass is 16.5. The molecule has 1 N–H and O–H groups in total. The number of rotatable bonds is 4. The van der Waals surface area contributed by atoms with Gasteiger partial charge in [0.2, 0.25) is 0 Å². The van der Waals surface area contributed by atoms with Gasteiger partial charge in [-0.3, -0.25) is 24.3 Å². The number of benzene rings is 2. The van der Waals surface area contributed by atoms with Crippen LogP contribution in [0.2, 0.25) is 0 Å². The minimum absolute atomic E-state index is 0.115. The number of ether oxygens (including phenoxy) is 1. The third kappa shape index (κ3) is 3.23. The topological polar surface area (TPSA) is 88.6 Å². The number of imide groups is 1. The van der Waals surface area contributed by atoms with Gasteiger partial charge in [-0.2, -0.15) is 0 Å². The zero-order valence-corrected chi connectivity index (χ0v) is 16.1. The molecule has 30 heavy (non-hydrogen) atoms. The number of aromatic nitrogens is 1. The third-order valence-electron chi connectivity index (χ3n) is 5.49. The van der Waals surface area contributed by atoms with Crippen molar-refractivity contribution in [1.29, 1.82) is 0 Å². The lowest BCUT2D eigenvalue weighted by Gasteiger charge is -2.17. The summed E-state index contributed by atoms with van der Waals surface area (Å²) in [6, 6.07) is 14.0. The van der Waals surface area contributed by atoms with E-state index >= 15 is 0 Å². The molecule has 1 saturated heterocycles. The Hall–Kier alpha value is -3.58. The SMILES string of the molecule is O=C(Nc1cnc2ccccc2c1)c1ccc2c(c1)C(=O)N(CC1CCCO1)C2=O. The lowest BCUT2D eigenvalue weighted by Crippen LogP contribution is -2.36. The zero-order chi connectivity index (χ0) is 20.7. The van der Waals surface area contributed by atoms with Gasteiger partial charge in [0.05, 0.1) is 41.2 Å². The van der Waals surface area contributed by atoms with E-state index in [2.05, 4.69) is 10.3 Å². The first-order chi connectivity index (χ1) is 14.6. The monoisotopic (exact) mass is 401 g/mol. The fourth-order valence-electron chi connectivity index (χ4n) is 3.93. The Labute approximate surface area is 172 Å². The van der Waals surface area contributed by atoms with Crippen molar-refractivity contribution in [2.24, 2.45) is 0 Å². The molecule has 150 valence electrons. The summed E-state index contributed by atoms with van der Waals surface area (Å²) in [6.45, 7) is 0.901. The molecule has 7 nitrogen and oxygen atoms in total. The molecule has 0 saturated carbocycles. The van der Waals surface area contributed by atoms with Crippen LogP contribution in [0.1, 0.15) is 43.9 Å². The summed E-state index contributed by atoms with van der Waals surface area (Å²) in [6.07, 6.45) is 3.24. The number of nitrogens with zero attached hydrogens (tertiary/aromatic N) is 2. The van der Waals surface area contributed by atoms with Gasteiger partial charge in [0.1, 0.15) is 0 Å². The highest BCUT2D eigenvalue weighted by Gasteiger charge is 2.37. The maximum absolute atomic E-state index is 12.8. The molecule has 0 bridgehead atoms. The average Bonchev–Trinajstić information content (AvgIpc) is 3.36.